The molecule has 0 bridgehead atoms. The molecule has 4 rings (SSSR count). The predicted molar refractivity (Wildman–Crippen MR) is 112 cm³/mol. The second-order valence-electron chi connectivity index (χ2n) is 7.49. The van der Waals surface area contributed by atoms with Crippen molar-refractivity contribution in [3.63, 3.8) is 0 Å². The lowest BCUT2D eigenvalue weighted by Crippen LogP contribution is -2.43. The fourth-order valence-electron chi connectivity index (χ4n) is 3.70. The second kappa shape index (κ2) is 7.73. The van der Waals surface area contributed by atoms with Crippen molar-refractivity contribution in [1.29, 1.82) is 0 Å². The number of hydrogen-bond donors (Lipinski definition) is 2. The van der Waals surface area contributed by atoms with E-state index >= 15 is 0 Å². The summed E-state index contributed by atoms with van der Waals surface area (Å²) in [5.74, 6) is -0.279. The Morgan fingerprint density at radius 3 is 2.77 bits per heavy atom. The highest BCUT2D eigenvalue weighted by atomic mass is 32.2. The molecule has 0 radical (unpaired) electrons. The van der Waals surface area contributed by atoms with Crippen LogP contribution in [-0.4, -0.2) is 43.2 Å². The van der Waals surface area contributed by atoms with Gasteiger partial charge in [0.25, 0.3) is 5.91 Å². The topological polar surface area (TPSA) is 105 Å². The maximum Gasteiger partial charge on any atom is 0.265 e. The number of carbonyl (C=O) groups excluding carboxylic acids is 2. The molecule has 30 heavy (non-hydrogen) atoms. The molecule has 2 atom stereocenters. The molecule has 2 heterocycles. The lowest BCUT2D eigenvalue weighted by atomic mass is 10.1. The van der Waals surface area contributed by atoms with E-state index in [9.17, 15) is 18.0 Å². The van der Waals surface area contributed by atoms with Crippen LogP contribution in [0, 0.1) is 6.92 Å². The number of fused-ring (bicyclic) bond motifs is 1. The van der Waals surface area contributed by atoms with Crippen molar-refractivity contribution >= 4 is 33.2 Å². The molecule has 1 saturated heterocycles. The first-order valence-electron chi connectivity index (χ1n) is 9.77. The van der Waals surface area contributed by atoms with Gasteiger partial charge in [0.15, 0.2) is 6.10 Å². The lowest BCUT2D eigenvalue weighted by molar-refractivity contribution is -0.122. The van der Waals surface area contributed by atoms with E-state index in [1.807, 2.05) is 25.1 Å². The number of carbonyl (C=O) groups is 2. The van der Waals surface area contributed by atoms with Gasteiger partial charge in [-0.05, 0) is 56.5 Å². The normalized spacial score (nSPS) is 21.5. The van der Waals surface area contributed by atoms with Crippen LogP contribution in [0.2, 0.25) is 0 Å². The van der Waals surface area contributed by atoms with Crippen molar-refractivity contribution < 1.29 is 22.7 Å². The highest BCUT2D eigenvalue weighted by molar-refractivity contribution is 7.89. The van der Waals surface area contributed by atoms with Crippen molar-refractivity contribution in [2.24, 2.45) is 0 Å². The molecule has 158 valence electrons. The molecule has 2 aromatic carbocycles. The molecule has 0 aromatic heterocycles. The van der Waals surface area contributed by atoms with Crippen LogP contribution < -0.4 is 15.4 Å². The third-order valence-electron chi connectivity index (χ3n) is 5.40. The smallest absolute Gasteiger partial charge is 0.265 e. The maximum atomic E-state index is 13.3. The zero-order chi connectivity index (χ0) is 21.5. The summed E-state index contributed by atoms with van der Waals surface area (Å²) in [5, 5.41) is 5.50. The van der Waals surface area contributed by atoms with E-state index in [0.29, 0.717) is 30.0 Å². The van der Waals surface area contributed by atoms with E-state index in [0.717, 1.165) is 5.56 Å². The predicted octanol–water partition coefficient (Wildman–Crippen LogP) is 2.51. The molecule has 0 spiro atoms. The number of aryl methyl sites for hydroxylation is 1. The van der Waals surface area contributed by atoms with Crippen LogP contribution in [0.25, 0.3) is 0 Å². The molecule has 0 saturated carbocycles. The summed E-state index contributed by atoms with van der Waals surface area (Å²) in [5.41, 5.74) is 1.87. The van der Waals surface area contributed by atoms with E-state index in [4.69, 9.17) is 4.74 Å². The van der Waals surface area contributed by atoms with Crippen molar-refractivity contribution in [1.82, 2.24) is 4.31 Å². The highest BCUT2D eigenvalue weighted by Gasteiger charge is 2.40. The van der Waals surface area contributed by atoms with Crippen LogP contribution in [-0.2, 0) is 19.6 Å². The third kappa shape index (κ3) is 3.66. The number of amides is 2. The summed E-state index contributed by atoms with van der Waals surface area (Å²) in [6, 6.07) is 10.9. The number of benzene rings is 2. The van der Waals surface area contributed by atoms with Crippen LogP contribution in [0.3, 0.4) is 0 Å². The number of hydrogen-bond acceptors (Lipinski definition) is 5. The standard InChI is InChI=1S/C21H23N3O5S/c1-13-6-3-4-7-16(13)22-21(26)18-8-5-11-24(18)30(27,28)15-9-10-19-17(12-15)23-20(25)14(2)29-19/h3-4,6-7,9-10,12,14,18H,5,8,11H2,1-2H3,(H,22,26)(H,23,25)/t14-,18-/m1/s1. The van der Waals surface area contributed by atoms with Crippen molar-refractivity contribution in [2.45, 2.75) is 43.7 Å². The van der Waals surface area contributed by atoms with Crippen molar-refractivity contribution in [2.75, 3.05) is 17.2 Å². The molecular weight excluding hydrogens is 406 g/mol. The molecule has 2 aliphatic heterocycles. The average Bonchev–Trinajstić information content (AvgIpc) is 3.21. The molecular formula is C21H23N3O5S. The number of ether oxygens (including phenoxy) is 1. The Labute approximate surface area is 175 Å². The molecule has 0 unspecified atom stereocenters. The van der Waals surface area contributed by atoms with Gasteiger partial charge in [-0.15, -0.1) is 0 Å². The second-order valence-corrected chi connectivity index (χ2v) is 9.38. The van der Waals surface area contributed by atoms with E-state index in [-0.39, 0.29) is 23.3 Å². The molecule has 2 aliphatic rings. The van der Waals surface area contributed by atoms with Crippen molar-refractivity contribution in [3.8, 4) is 5.75 Å². The number of rotatable bonds is 4. The lowest BCUT2D eigenvalue weighted by Gasteiger charge is -2.26. The molecule has 2 N–H and O–H groups in total. The Morgan fingerprint density at radius 1 is 1.23 bits per heavy atom. The Kier molecular flexibility index (Phi) is 5.25. The van der Waals surface area contributed by atoms with E-state index in [1.54, 1.807) is 13.0 Å². The number of sulfonamides is 1. The number of nitrogens with one attached hydrogen (secondary N) is 2. The first kappa shape index (κ1) is 20.4. The summed E-state index contributed by atoms with van der Waals surface area (Å²) in [4.78, 5) is 24.7. The van der Waals surface area contributed by atoms with Crippen LogP contribution >= 0.6 is 0 Å². The molecule has 1 fully saturated rings. The first-order valence-corrected chi connectivity index (χ1v) is 11.2. The quantitative estimate of drug-likeness (QED) is 0.777. The molecule has 0 aliphatic carbocycles. The van der Waals surface area contributed by atoms with E-state index in [2.05, 4.69) is 10.6 Å². The summed E-state index contributed by atoms with van der Waals surface area (Å²) >= 11 is 0. The summed E-state index contributed by atoms with van der Waals surface area (Å²) < 4.78 is 33.3. The van der Waals surface area contributed by atoms with Gasteiger partial charge >= 0.3 is 0 Å². The van der Waals surface area contributed by atoms with Crippen molar-refractivity contribution in [3.05, 3.63) is 48.0 Å². The Bertz CT molecular complexity index is 1120. The van der Waals surface area contributed by atoms with Crippen LogP contribution in [0.5, 0.6) is 5.75 Å². The Morgan fingerprint density at radius 2 is 2.00 bits per heavy atom. The van der Waals surface area contributed by atoms with Gasteiger partial charge in [0, 0.05) is 12.2 Å². The number of nitrogens with zero attached hydrogens (tertiary/aromatic N) is 1. The Hall–Kier alpha value is -2.91. The first-order chi connectivity index (χ1) is 14.3. The number of anilines is 2. The minimum absolute atomic E-state index is 0.00953. The summed E-state index contributed by atoms with van der Waals surface area (Å²) in [6.07, 6.45) is 0.389. The van der Waals surface area contributed by atoms with Gasteiger partial charge < -0.3 is 15.4 Å². The fraction of sp³-hybridized carbons (Fsp3) is 0.333. The van der Waals surface area contributed by atoms with Gasteiger partial charge in [-0.2, -0.15) is 4.31 Å². The highest BCUT2D eigenvalue weighted by Crippen LogP contribution is 2.34. The third-order valence-corrected chi connectivity index (χ3v) is 7.30. The molecule has 2 amide bonds. The monoisotopic (exact) mass is 429 g/mol. The molecule has 8 nitrogen and oxygen atoms in total. The average molecular weight is 429 g/mol. The number of para-hydroxylation sites is 1. The van der Waals surface area contributed by atoms with Crippen LogP contribution in [0.1, 0.15) is 25.3 Å². The van der Waals surface area contributed by atoms with Crippen LogP contribution in [0.4, 0.5) is 11.4 Å². The van der Waals surface area contributed by atoms with Gasteiger partial charge in [0.1, 0.15) is 11.8 Å². The van der Waals surface area contributed by atoms with Gasteiger partial charge in [0.05, 0.1) is 10.6 Å². The van der Waals surface area contributed by atoms with Gasteiger partial charge in [-0.25, -0.2) is 8.42 Å². The van der Waals surface area contributed by atoms with E-state index in [1.165, 1.54) is 22.5 Å². The summed E-state index contributed by atoms with van der Waals surface area (Å²) in [6.45, 7) is 3.75. The van der Waals surface area contributed by atoms with E-state index < -0.39 is 22.2 Å². The fourth-order valence-corrected chi connectivity index (χ4v) is 5.39. The van der Waals surface area contributed by atoms with Gasteiger partial charge in [0.2, 0.25) is 15.9 Å². The zero-order valence-electron chi connectivity index (χ0n) is 16.7. The maximum absolute atomic E-state index is 13.3. The SMILES string of the molecule is Cc1ccccc1NC(=O)[C@H]1CCCN1S(=O)(=O)c1ccc2c(c1)NC(=O)[C@@H](C)O2. The zero-order valence-corrected chi connectivity index (χ0v) is 17.5. The van der Waals surface area contributed by atoms with Gasteiger partial charge in [-0.3, -0.25) is 9.59 Å². The molecule has 2 aromatic rings. The largest absolute Gasteiger partial charge is 0.479 e. The minimum Gasteiger partial charge on any atom is -0.479 e. The minimum atomic E-state index is -3.93. The van der Waals surface area contributed by atoms with Crippen LogP contribution in [0.15, 0.2) is 47.4 Å². The Balaban J connectivity index is 1.59. The molecule has 9 heteroatoms. The van der Waals surface area contributed by atoms with Gasteiger partial charge in [-0.1, -0.05) is 18.2 Å². The summed E-state index contributed by atoms with van der Waals surface area (Å²) in [7, 11) is -3.93.